The van der Waals surface area contributed by atoms with Gasteiger partial charge in [0.1, 0.15) is 5.82 Å². The molecule has 0 aliphatic heterocycles. The van der Waals surface area contributed by atoms with Gasteiger partial charge in [0.2, 0.25) is 0 Å². The van der Waals surface area contributed by atoms with E-state index in [2.05, 4.69) is 36.5 Å². The van der Waals surface area contributed by atoms with Gasteiger partial charge in [0.05, 0.1) is 0 Å². The van der Waals surface area contributed by atoms with Crippen LogP contribution in [0.3, 0.4) is 0 Å². The van der Waals surface area contributed by atoms with Crippen LogP contribution in [0.25, 0.3) is 0 Å². The molecule has 2 aromatic carbocycles. The normalized spacial score (nSPS) is 10.7. The lowest BCUT2D eigenvalue weighted by Crippen LogP contribution is -2.12. The fourth-order valence-electron chi connectivity index (χ4n) is 2.06. The molecule has 0 saturated carbocycles. The second-order valence-corrected chi connectivity index (χ2v) is 4.86. The van der Waals surface area contributed by atoms with Crippen LogP contribution in [0.1, 0.15) is 29.2 Å². The fourth-order valence-corrected chi connectivity index (χ4v) is 2.06. The number of benzene rings is 2. The molecule has 0 amide bonds. The largest absolute Gasteiger partial charge is 0.309 e. The maximum absolute atomic E-state index is 13.1. The van der Waals surface area contributed by atoms with Gasteiger partial charge in [0.15, 0.2) is 0 Å². The number of nitrogens with one attached hydrogen (secondary N) is 1. The number of halogens is 1. The maximum atomic E-state index is 13.1. The van der Waals surface area contributed by atoms with Gasteiger partial charge in [0.25, 0.3) is 0 Å². The highest BCUT2D eigenvalue weighted by Crippen LogP contribution is 2.09. The van der Waals surface area contributed by atoms with Gasteiger partial charge in [-0.1, -0.05) is 43.3 Å². The summed E-state index contributed by atoms with van der Waals surface area (Å²) in [5.41, 5.74) is 4.45. The molecule has 0 aromatic heterocycles. The number of hydrogen-bond acceptors (Lipinski definition) is 1. The van der Waals surface area contributed by atoms with E-state index < -0.39 is 0 Å². The fraction of sp³-hybridized carbons (Fsp3) is 0.294. The summed E-state index contributed by atoms with van der Waals surface area (Å²) >= 11 is 0. The summed E-state index contributed by atoms with van der Waals surface area (Å²) < 4.78 is 13.1. The second-order valence-electron chi connectivity index (χ2n) is 4.86. The van der Waals surface area contributed by atoms with Crippen molar-refractivity contribution in [2.24, 2.45) is 0 Å². The van der Waals surface area contributed by atoms with E-state index in [1.54, 1.807) is 6.92 Å². The molecule has 0 aliphatic rings. The van der Waals surface area contributed by atoms with Gasteiger partial charge in [-0.3, -0.25) is 0 Å². The molecule has 0 atom stereocenters. The van der Waals surface area contributed by atoms with E-state index >= 15 is 0 Å². The lowest BCUT2D eigenvalue weighted by atomic mass is 10.1. The standard InChI is InChI=1S/C17H20FN/c1-3-14-4-6-15(7-5-14)11-19-12-16-8-9-17(18)13(2)10-16/h4-10,19H,3,11-12H2,1-2H3. The lowest BCUT2D eigenvalue weighted by molar-refractivity contribution is 0.615. The maximum Gasteiger partial charge on any atom is 0.126 e. The van der Waals surface area contributed by atoms with Gasteiger partial charge in [0, 0.05) is 13.1 Å². The van der Waals surface area contributed by atoms with E-state index in [0.717, 1.165) is 25.1 Å². The molecule has 1 nitrogen and oxygen atoms in total. The second kappa shape index (κ2) is 6.48. The summed E-state index contributed by atoms with van der Waals surface area (Å²) in [5.74, 6) is -0.140. The Morgan fingerprint density at radius 1 is 0.895 bits per heavy atom. The lowest BCUT2D eigenvalue weighted by Gasteiger charge is -2.07. The van der Waals surface area contributed by atoms with Crippen LogP contribution in [0.4, 0.5) is 4.39 Å². The van der Waals surface area contributed by atoms with E-state index in [1.807, 2.05) is 12.1 Å². The number of aryl methyl sites for hydroxylation is 2. The van der Waals surface area contributed by atoms with Crippen LogP contribution < -0.4 is 5.32 Å². The van der Waals surface area contributed by atoms with E-state index in [1.165, 1.54) is 17.2 Å². The minimum Gasteiger partial charge on any atom is -0.309 e. The summed E-state index contributed by atoms with van der Waals surface area (Å²) in [6, 6.07) is 13.9. The third-order valence-electron chi connectivity index (χ3n) is 3.31. The first-order valence-corrected chi connectivity index (χ1v) is 6.72. The quantitative estimate of drug-likeness (QED) is 0.854. The summed E-state index contributed by atoms with van der Waals surface area (Å²) in [7, 11) is 0. The first kappa shape index (κ1) is 13.8. The van der Waals surface area contributed by atoms with Crippen molar-refractivity contribution in [3.05, 3.63) is 70.5 Å². The zero-order valence-corrected chi connectivity index (χ0v) is 11.5. The monoisotopic (exact) mass is 257 g/mol. The molecule has 0 fully saturated rings. The van der Waals surface area contributed by atoms with Crippen LogP contribution >= 0.6 is 0 Å². The molecule has 0 heterocycles. The van der Waals surface area contributed by atoms with E-state index in [4.69, 9.17) is 0 Å². The van der Waals surface area contributed by atoms with Crippen LogP contribution in [-0.4, -0.2) is 0 Å². The molecule has 2 aromatic rings. The van der Waals surface area contributed by atoms with Crippen molar-refractivity contribution < 1.29 is 4.39 Å². The summed E-state index contributed by atoms with van der Waals surface area (Å²) in [6.07, 6.45) is 1.07. The Bertz CT molecular complexity index is 531. The molecule has 0 spiro atoms. The first-order chi connectivity index (χ1) is 9.19. The molecule has 0 unspecified atom stereocenters. The SMILES string of the molecule is CCc1ccc(CNCc2ccc(F)c(C)c2)cc1. The molecule has 0 bridgehead atoms. The molecule has 0 radical (unpaired) electrons. The molecule has 2 heteroatoms. The van der Waals surface area contributed by atoms with Gasteiger partial charge >= 0.3 is 0 Å². The Morgan fingerprint density at radius 3 is 2.11 bits per heavy atom. The van der Waals surface area contributed by atoms with E-state index in [-0.39, 0.29) is 5.82 Å². The Labute approximate surface area is 114 Å². The minimum absolute atomic E-state index is 0.140. The molecular weight excluding hydrogens is 237 g/mol. The van der Waals surface area contributed by atoms with Gasteiger partial charge in [-0.15, -0.1) is 0 Å². The van der Waals surface area contributed by atoms with E-state index in [9.17, 15) is 4.39 Å². The Hall–Kier alpha value is -1.67. The summed E-state index contributed by atoms with van der Waals surface area (Å²) in [5, 5.41) is 3.38. The smallest absolute Gasteiger partial charge is 0.126 e. The highest BCUT2D eigenvalue weighted by atomic mass is 19.1. The van der Waals surface area contributed by atoms with Crippen molar-refractivity contribution in [3.8, 4) is 0 Å². The zero-order chi connectivity index (χ0) is 13.7. The zero-order valence-electron chi connectivity index (χ0n) is 11.5. The summed E-state index contributed by atoms with van der Waals surface area (Å²) in [6.45, 7) is 5.55. The van der Waals surface area contributed by atoms with Gasteiger partial charge in [-0.2, -0.15) is 0 Å². The Morgan fingerprint density at radius 2 is 1.47 bits per heavy atom. The molecule has 100 valence electrons. The molecule has 1 N–H and O–H groups in total. The molecule has 19 heavy (non-hydrogen) atoms. The van der Waals surface area contributed by atoms with E-state index in [0.29, 0.717) is 5.56 Å². The highest BCUT2D eigenvalue weighted by Gasteiger charge is 1.99. The summed E-state index contributed by atoms with van der Waals surface area (Å²) in [4.78, 5) is 0. The molecular formula is C17H20FN. The predicted molar refractivity (Wildman–Crippen MR) is 77.5 cm³/mol. The molecule has 0 saturated heterocycles. The van der Waals surface area contributed by atoms with Gasteiger partial charge in [-0.05, 0) is 41.7 Å². The van der Waals surface area contributed by atoms with Crippen molar-refractivity contribution >= 4 is 0 Å². The van der Waals surface area contributed by atoms with Crippen LogP contribution in [0.2, 0.25) is 0 Å². The third kappa shape index (κ3) is 3.90. The topological polar surface area (TPSA) is 12.0 Å². The van der Waals surface area contributed by atoms with Crippen molar-refractivity contribution in [2.75, 3.05) is 0 Å². The van der Waals surface area contributed by atoms with Crippen LogP contribution in [0.15, 0.2) is 42.5 Å². The van der Waals surface area contributed by atoms with Gasteiger partial charge < -0.3 is 5.32 Å². The number of hydrogen-bond donors (Lipinski definition) is 1. The third-order valence-corrected chi connectivity index (χ3v) is 3.31. The van der Waals surface area contributed by atoms with Crippen LogP contribution in [0, 0.1) is 12.7 Å². The Balaban J connectivity index is 1.86. The van der Waals surface area contributed by atoms with Crippen LogP contribution in [0.5, 0.6) is 0 Å². The van der Waals surface area contributed by atoms with Crippen molar-refractivity contribution in [1.29, 1.82) is 0 Å². The predicted octanol–water partition coefficient (Wildman–Crippen LogP) is 3.99. The van der Waals surface area contributed by atoms with Gasteiger partial charge in [-0.25, -0.2) is 4.39 Å². The van der Waals surface area contributed by atoms with Crippen molar-refractivity contribution in [3.63, 3.8) is 0 Å². The average molecular weight is 257 g/mol. The van der Waals surface area contributed by atoms with Crippen LogP contribution in [-0.2, 0) is 19.5 Å². The molecule has 0 aliphatic carbocycles. The first-order valence-electron chi connectivity index (χ1n) is 6.72. The minimum atomic E-state index is -0.140. The highest BCUT2D eigenvalue weighted by molar-refractivity contribution is 5.25. The number of rotatable bonds is 5. The molecule has 2 rings (SSSR count). The Kier molecular flexibility index (Phi) is 4.69. The van der Waals surface area contributed by atoms with Crippen molar-refractivity contribution in [2.45, 2.75) is 33.4 Å². The average Bonchev–Trinajstić information content (AvgIpc) is 2.43. The van der Waals surface area contributed by atoms with Crippen molar-refractivity contribution in [1.82, 2.24) is 5.32 Å².